The van der Waals surface area contributed by atoms with Crippen LogP contribution in [-0.4, -0.2) is 16.5 Å². The third-order valence-corrected chi connectivity index (χ3v) is 3.99. The van der Waals surface area contributed by atoms with Gasteiger partial charge in [0.1, 0.15) is 11.5 Å². The summed E-state index contributed by atoms with van der Waals surface area (Å²) in [6.45, 7) is 3.87. The summed E-state index contributed by atoms with van der Waals surface area (Å²) < 4.78 is 5.47. The molecule has 0 radical (unpaired) electrons. The zero-order chi connectivity index (χ0) is 11.5. The summed E-state index contributed by atoms with van der Waals surface area (Å²) in [7, 11) is 0. The van der Waals surface area contributed by atoms with Crippen molar-refractivity contribution in [1.29, 1.82) is 0 Å². The molecule has 1 fully saturated rings. The van der Waals surface area contributed by atoms with Gasteiger partial charge in [-0.15, -0.1) is 0 Å². The van der Waals surface area contributed by atoms with Gasteiger partial charge < -0.3 is 4.42 Å². The van der Waals surface area contributed by atoms with Crippen molar-refractivity contribution in [3.05, 3.63) is 11.5 Å². The Balaban J connectivity index is 1.77. The number of hydrogen-bond acceptors (Lipinski definition) is 4. The molecule has 2 rings (SSSR count). The first kappa shape index (κ1) is 11.7. The van der Waals surface area contributed by atoms with Crippen LogP contribution in [0.4, 0.5) is 0 Å². The normalized spacial score (nSPS) is 20.6. The van der Waals surface area contributed by atoms with Crippen molar-refractivity contribution in [2.75, 3.05) is 5.75 Å². The molecule has 1 aromatic heterocycles. The van der Waals surface area contributed by atoms with Gasteiger partial charge in [0.05, 0.1) is 5.69 Å². The zero-order valence-electron chi connectivity index (χ0n) is 9.78. The van der Waals surface area contributed by atoms with Gasteiger partial charge in [-0.05, 0) is 33.1 Å². The van der Waals surface area contributed by atoms with Crippen molar-refractivity contribution in [1.82, 2.24) is 4.98 Å². The van der Waals surface area contributed by atoms with Gasteiger partial charge in [-0.2, -0.15) is 0 Å². The molecule has 1 atom stereocenters. The number of thioether (sulfide) groups is 1. The summed E-state index contributed by atoms with van der Waals surface area (Å²) in [5, 5.41) is 0.737. The molecule has 4 heteroatoms. The Labute approximate surface area is 100 Å². The second-order valence-corrected chi connectivity index (χ2v) is 5.36. The van der Waals surface area contributed by atoms with Gasteiger partial charge in [0.25, 0.3) is 5.22 Å². The molecule has 0 saturated heterocycles. The summed E-state index contributed by atoms with van der Waals surface area (Å²) >= 11 is 1.61. The fraction of sp³-hybridized carbons (Fsp3) is 0.667. The van der Waals surface area contributed by atoms with E-state index in [2.05, 4.69) is 4.98 Å². The van der Waals surface area contributed by atoms with E-state index >= 15 is 0 Å². The van der Waals surface area contributed by atoms with Gasteiger partial charge in [0.15, 0.2) is 0 Å². The number of carbonyl (C=O) groups excluding carboxylic acids is 1. The standard InChI is InChI=1S/C12H17NO2S/c1-8-9(2)15-12(13-8)16-7-6-10-4-3-5-11(10)14/h10H,3-7H2,1-2H3. The maximum Gasteiger partial charge on any atom is 0.256 e. The largest absolute Gasteiger partial charge is 0.437 e. The Bertz CT molecular complexity index is 367. The number of carbonyl (C=O) groups is 1. The van der Waals surface area contributed by atoms with Crippen LogP contribution in [0.25, 0.3) is 0 Å². The molecular formula is C12H17NO2S. The van der Waals surface area contributed by atoms with Crippen LogP contribution in [0.5, 0.6) is 0 Å². The minimum atomic E-state index is 0.296. The molecule has 1 aromatic rings. The van der Waals surface area contributed by atoms with Crippen LogP contribution in [0.2, 0.25) is 0 Å². The van der Waals surface area contributed by atoms with E-state index in [-0.39, 0.29) is 0 Å². The molecule has 1 unspecified atom stereocenters. The molecule has 0 amide bonds. The van der Waals surface area contributed by atoms with Gasteiger partial charge in [0.2, 0.25) is 0 Å². The molecule has 0 spiro atoms. The van der Waals surface area contributed by atoms with Gasteiger partial charge in [-0.3, -0.25) is 4.79 Å². The molecule has 0 aliphatic heterocycles. The second kappa shape index (κ2) is 5.04. The first-order chi connectivity index (χ1) is 7.66. The molecule has 0 bridgehead atoms. The average molecular weight is 239 g/mol. The number of nitrogens with zero attached hydrogens (tertiary/aromatic N) is 1. The van der Waals surface area contributed by atoms with Crippen LogP contribution in [0, 0.1) is 19.8 Å². The minimum Gasteiger partial charge on any atom is -0.437 e. The lowest BCUT2D eigenvalue weighted by Gasteiger charge is -2.04. The lowest BCUT2D eigenvalue weighted by Crippen LogP contribution is -2.06. The Morgan fingerprint density at radius 1 is 1.50 bits per heavy atom. The van der Waals surface area contributed by atoms with E-state index in [1.165, 1.54) is 0 Å². The van der Waals surface area contributed by atoms with Crippen molar-refractivity contribution in [3.63, 3.8) is 0 Å². The average Bonchev–Trinajstić information content (AvgIpc) is 2.76. The lowest BCUT2D eigenvalue weighted by atomic mass is 10.1. The molecule has 16 heavy (non-hydrogen) atoms. The Morgan fingerprint density at radius 3 is 2.88 bits per heavy atom. The fourth-order valence-electron chi connectivity index (χ4n) is 1.99. The van der Waals surface area contributed by atoms with E-state index in [0.717, 1.165) is 48.1 Å². The molecule has 1 saturated carbocycles. The smallest absolute Gasteiger partial charge is 0.256 e. The highest BCUT2D eigenvalue weighted by molar-refractivity contribution is 7.99. The summed E-state index contributed by atoms with van der Waals surface area (Å²) in [6.07, 6.45) is 3.89. The van der Waals surface area contributed by atoms with Gasteiger partial charge >= 0.3 is 0 Å². The maximum atomic E-state index is 11.4. The van der Waals surface area contributed by atoms with E-state index in [0.29, 0.717) is 11.7 Å². The van der Waals surface area contributed by atoms with Crippen molar-refractivity contribution in [2.24, 2.45) is 5.92 Å². The van der Waals surface area contributed by atoms with E-state index in [1.807, 2.05) is 13.8 Å². The Kier molecular flexibility index (Phi) is 3.69. The van der Waals surface area contributed by atoms with E-state index in [4.69, 9.17) is 4.42 Å². The molecule has 0 N–H and O–H groups in total. The molecule has 0 aromatic carbocycles. The first-order valence-electron chi connectivity index (χ1n) is 5.76. The van der Waals surface area contributed by atoms with Crippen LogP contribution in [0.3, 0.4) is 0 Å². The molecule has 1 aliphatic rings. The summed E-state index contributed by atoms with van der Waals surface area (Å²) in [6, 6.07) is 0. The highest BCUT2D eigenvalue weighted by atomic mass is 32.2. The van der Waals surface area contributed by atoms with E-state index < -0.39 is 0 Å². The third-order valence-electron chi connectivity index (χ3n) is 3.13. The predicted octanol–water partition coefficient (Wildman–Crippen LogP) is 3.14. The zero-order valence-corrected chi connectivity index (χ0v) is 10.6. The van der Waals surface area contributed by atoms with Crippen LogP contribution >= 0.6 is 11.8 Å². The predicted molar refractivity (Wildman–Crippen MR) is 63.7 cm³/mol. The summed E-state index contributed by atoms with van der Waals surface area (Å²) in [5.74, 6) is 2.56. The molecule has 88 valence electrons. The number of oxazole rings is 1. The van der Waals surface area contributed by atoms with Gasteiger partial charge in [-0.1, -0.05) is 11.8 Å². The molecule has 3 nitrogen and oxygen atoms in total. The molecule has 1 heterocycles. The van der Waals surface area contributed by atoms with Crippen LogP contribution in [0.15, 0.2) is 9.64 Å². The van der Waals surface area contributed by atoms with Gasteiger partial charge in [-0.25, -0.2) is 4.98 Å². The lowest BCUT2D eigenvalue weighted by molar-refractivity contribution is -0.120. The van der Waals surface area contributed by atoms with Crippen molar-refractivity contribution in [2.45, 2.75) is 44.8 Å². The Hall–Kier alpha value is -0.770. The number of aromatic nitrogens is 1. The van der Waals surface area contributed by atoms with Crippen molar-refractivity contribution < 1.29 is 9.21 Å². The quantitative estimate of drug-likeness (QED) is 0.757. The topological polar surface area (TPSA) is 43.1 Å². The molecular weight excluding hydrogens is 222 g/mol. The summed E-state index contributed by atoms with van der Waals surface area (Å²) in [4.78, 5) is 15.7. The number of Topliss-reactive ketones (excluding diaryl/α,β-unsaturated/α-hetero) is 1. The first-order valence-corrected chi connectivity index (χ1v) is 6.75. The Morgan fingerprint density at radius 2 is 2.31 bits per heavy atom. The number of hydrogen-bond donors (Lipinski definition) is 0. The van der Waals surface area contributed by atoms with Crippen LogP contribution in [-0.2, 0) is 4.79 Å². The third kappa shape index (κ3) is 2.67. The highest BCUT2D eigenvalue weighted by Crippen LogP contribution is 2.28. The van der Waals surface area contributed by atoms with Crippen molar-refractivity contribution >= 4 is 17.5 Å². The van der Waals surface area contributed by atoms with Gasteiger partial charge in [0, 0.05) is 18.1 Å². The van der Waals surface area contributed by atoms with E-state index in [1.54, 1.807) is 11.8 Å². The number of aryl methyl sites for hydroxylation is 2. The second-order valence-electron chi connectivity index (χ2n) is 4.31. The monoisotopic (exact) mass is 239 g/mol. The van der Waals surface area contributed by atoms with Crippen LogP contribution < -0.4 is 0 Å². The summed E-state index contributed by atoms with van der Waals surface area (Å²) in [5.41, 5.74) is 0.958. The van der Waals surface area contributed by atoms with E-state index in [9.17, 15) is 4.79 Å². The maximum absolute atomic E-state index is 11.4. The molecule has 1 aliphatic carbocycles. The van der Waals surface area contributed by atoms with Crippen LogP contribution in [0.1, 0.15) is 37.1 Å². The number of rotatable bonds is 4. The fourth-order valence-corrected chi connectivity index (χ4v) is 2.95. The highest BCUT2D eigenvalue weighted by Gasteiger charge is 2.23. The number of ketones is 1. The SMILES string of the molecule is Cc1nc(SCCC2CCCC2=O)oc1C. The van der Waals surface area contributed by atoms with Crippen molar-refractivity contribution in [3.8, 4) is 0 Å². The minimum absolute atomic E-state index is 0.296.